The predicted octanol–water partition coefficient (Wildman–Crippen LogP) is 3.90. The lowest BCUT2D eigenvalue weighted by molar-refractivity contribution is -0.321. The SMILES string of the molecule is CCCCC1OC(Cc2ccccc2)OC(O)C1CCC. The Morgan fingerprint density at radius 3 is 2.43 bits per heavy atom. The third-order valence-electron chi connectivity index (χ3n) is 4.17. The number of hydrogen-bond acceptors (Lipinski definition) is 3. The molecule has 1 aliphatic heterocycles. The topological polar surface area (TPSA) is 38.7 Å². The van der Waals surface area contributed by atoms with Crippen LogP contribution in [0.5, 0.6) is 0 Å². The average Bonchev–Trinajstić information content (AvgIpc) is 2.49. The van der Waals surface area contributed by atoms with Crippen molar-refractivity contribution in [2.24, 2.45) is 5.92 Å². The van der Waals surface area contributed by atoms with E-state index in [4.69, 9.17) is 9.47 Å². The normalized spacial score (nSPS) is 29.5. The van der Waals surface area contributed by atoms with Gasteiger partial charge in [-0.15, -0.1) is 0 Å². The molecule has 4 unspecified atom stereocenters. The predicted molar refractivity (Wildman–Crippen MR) is 83.8 cm³/mol. The first-order valence-corrected chi connectivity index (χ1v) is 8.27. The Hall–Kier alpha value is -0.900. The third kappa shape index (κ3) is 4.80. The van der Waals surface area contributed by atoms with Gasteiger partial charge in [-0.3, -0.25) is 0 Å². The highest BCUT2D eigenvalue weighted by atomic mass is 16.7. The molecule has 3 nitrogen and oxygen atoms in total. The van der Waals surface area contributed by atoms with Crippen LogP contribution < -0.4 is 0 Å². The van der Waals surface area contributed by atoms with Crippen LogP contribution in [0.1, 0.15) is 51.5 Å². The van der Waals surface area contributed by atoms with Gasteiger partial charge in [-0.25, -0.2) is 0 Å². The Morgan fingerprint density at radius 1 is 1.00 bits per heavy atom. The molecule has 1 aromatic rings. The molecule has 1 fully saturated rings. The summed E-state index contributed by atoms with van der Waals surface area (Å²) in [7, 11) is 0. The lowest BCUT2D eigenvalue weighted by atomic mass is 9.91. The molecule has 0 bridgehead atoms. The number of aliphatic hydroxyl groups excluding tert-OH is 1. The lowest BCUT2D eigenvalue weighted by Crippen LogP contribution is -2.46. The van der Waals surface area contributed by atoms with Crippen LogP contribution in [0.4, 0.5) is 0 Å². The van der Waals surface area contributed by atoms with Crippen molar-refractivity contribution in [2.75, 3.05) is 0 Å². The number of ether oxygens (including phenoxy) is 2. The number of benzene rings is 1. The van der Waals surface area contributed by atoms with Crippen molar-refractivity contribution in [1.29, 1.82) is 0 Å². The summed E-state index contributed by atoms with van der Waals surface area (Å²) in [4.78, 5) is 0. The lowest BCUT2D eigenvalue weighted by Gasteiger charge is -2.40. The molecule has 4 atom stereocenters. The van der Waals surface area contributed by atoms with Crippen LogP contribution in [-0.4, -0.2) is 23.8 Å². The Bertz CT molecular complexity index is 393. The van der Waals surface area contributed by atoms with Gasteiger partial charge >= 0.3 is 0 Å². The van der Waals surface area contributed by atoms with Gasteiger partial charge in [-0.1, -0.05) is 63.4 Å². The molecule has 0 radical (unpaired) electrons. The molecule has 1 aliphatic rings. The minimum Gasteiger partial charge on any atom is -0.368 e. The smallest absolute Gasteiger partial charge is 0.165 e. The van der Waals surface area contributed by atoms with E-state index >= 15 is 0 Å². The fourth-order valence-electron chi connectivity index (χ4n) is 3.02. The molecule has 0 spiro atoms. The molecule has 1 N–H and O–H groups in total. The van der Waals surface area contributed by atoms with Crippen LogP contribution in [0, 0.1) is 5.92 Å². The summed E-state index contributed by atoms with van der Waals surface area (Å²) in [6, 6.07) is 10.2. The van der Waals surface area contributed by atoms with E-state index in [-0.39, 0.29) is 18.3 Å². The van der Waals surface area contributed by atoms with E-state index < -0.39 is 6.29 Å². The van der Waals surface area contributed by atoms with Gasteiger partial charge in [-0.2, -0.15) is 0 Å². The fourth-order valence-corrected chi connectivity index (χ4v) is 3.02. The van der Waals surface area contributed by atoms with Crippen molar-refractivity contribution in [3.05, 3.63) is 35.9 Å². The standard InChI is InChI=1S/C18H28O3/c1-3-5-12-16-15(9-4-2)18(19)21-17(20-16)13-14-10-7-6-8-11-14/h6-8,10-11,15-19H,3-5,9,12-13H2,1-2H3. The molecule has 0 aliphatic carbocycles. The summed E-state index contributed by atoms with van der Waals surface area (Å²) in [6.45, 7) is 4.33. The summed E-state index contributed by atoms with van der Waals surface area (Å²) in [6.07, 6.45) is 5.06. The van der Waals surface area contributed by atoms with Crippen LogP contribution >= 0.6 is 0 Å². The van der Waals surface area contributed by atoms with Crippen LogP contribution in [0.15, 0.2) is 30.3 Å². The second-order valence-electron chi connectivity index (χ2n) is 5.92. The minimum absolute atomic E-state index is 0.105. The molecule has 2 rings (SSSR count). The maximum absolute atomic E-state index is 10.3. The molecule has 1 aromatic carbocycles. The van der Waals surface area contributed by atoms with Gasteiger partial charge in [0, 0.05) is 12.3 Å². The highest BCUT2D eigenvalue weighted by Crippen LogP contribution is 2.31. The van der Waals surface area contributed by atoms with E-state index in [0.29, 0.717) is 6.42 Å². The molecule has 1 heterocycles. The van der Waals surface area contributed by atoms with E-state index in [2.05, 4.69) is 26.0 Å². The highest BCUT2D eigenvalue weighted by molar-refractivity contribution is 5.15. The maximum Gasteiger partial charge on any atom is 0.165 e. The molecule has 0 aromatic heterocycles. The first-order chi connectivity index (χ1) is 10.2. The van der Waals surface area contributed by atoms with Crippen molar-refractivity contribution in [3.63, 3.8) is 0 Å². The third-order valence-corrected chi connectivity index (χ3v) is 4.17. The molecule has 118 valence electrons. The van der Waals surface area contributed by atoms with Crippen LogP contribution in [0.2, 0.25) is 0 Å². The second-order valence-corrected chi connectivity index (χ2v) is 5.92. The summed E-state index contributed by atoms with van der Waals surface area (Å²) in [5.41, 5.74) is 1.18. The van der Waals surface area contributed by atoms with Gasteiger partial charge in [0.05, 0.1) is 6.10 Å². The van der Waals surface area contributed by atoms with Gasteiger partial charge in [0.15, 0.2) is 12.6 Å². The van der Waals surface area contributed by atoms with Gasteiger partial charge in [0.1, 0.15) is 0 Å². The maximum atomic E-state index is 10.3. The Labute approximate surface area is 128 Å². The van der Waals surface area contributed by atoms with E-state index in [0.717, 1.165) is 32.1 Å². The largest absolute Gasteiger partial charge is 0.368 e. The van der Waals surface area contributed by atoms with Crippen LogP contribution in [0.3, 0.4) is 0 Å². The Morgan fingerprint density at radius 2 is 1.76 bits per heavy atom. The van der Waals surface area contributed by atoms with Crippen molar-refractivity contribution in [1.82, 2.24) is 0 Å². The zero-order valence-corrected chi connectivity index (χ0v) is 13.2. The molecule has 3 heteroatoms. The first kappa shape index (κ1) is 16.5. The average molecular weight is 292 g/mol. The molecule has 21 heavy (non-hydrogen) atoms. The fraction of sp³-hybridized carbons (Fsp3) is 0.667. The number of aliphatic hydroxyl groups is 1. The summed E-state index contributed by atoms with van der Waals surface area (Å²) in [5.74, 6) is 0.105. The minimum atomic E-state index is -0.700. The van der Waals surface area contributed by atoms with Crippen molar-refractivity contribution in [2.45, 2.75) is 71.1 Å². The van der Waals surface area contributed by atoms with E-state index in [1.54, 1.807) is 0 Å². The van der Waals surface area contributed by atoms with E-state index in [9.17, 15) is 5.11 Å². The van der Waals surface area contributed by atoms with Gasteiger partial charge in [-0.05, 0) is 18.4 Å². The zero-order chi connectivity index (χ0) is 15.1. The van der Waals surface area contributed by atoms with Crippen LogP contribution in [0.25, 0.3) is 0 Å². The van der Waals surface area contributed by atoms with Gasteiger partial charge < -0.3 is 14.6 Å². The quantitative estimate of drug-likeness (QED) is 0.828. The second kappa shape index (κ2) is 8.52. The number of unbranched alkanes of at least 4 members (excludes halogenated alkanes) is 1. The van der Waals surface area contributed by atoms with Gasteiger partial charge in [0.25, 0.3) is 0 Å². The van der Waals surface area contributed by atoms with E-state index in [1.165, 1.54) is 5.56 Å². The summed E-state index contributed by atoms with van der Waals surface area (Å²) in [5, 5.41) is 10.3. The molecule has 1 saturated heterocycles. The summed E-state index contributed by atoms with van der Waals surface area (Å²) >= 11 is 0. The Kier molecular flexibility index (Phi) is 6.68. The summed E-state index contributed by atoms with van der Waals surface area (Å²) < 4.78 is 11.8. The van der Waals surface area contributed by atoms with Crippen molar-refractivity contribution < 1.29 is 14.6 Å². The van der Waals surface area contributed by atoms with Crippen molar-refractivity contribution in [3.8, 4) is 0 Å². The monoisotopic (exact) mass is 292 g/mol. The van der Waals surface area contributed by atoms with Crippen molar-refractivity contribution >= 4 is 0 Å². The van der Waals surface area contributed by atoms with E-state index in [1.807, 2.05) is 18.2 Å². The highest BCUT2D eigenvalue weighted by Gasteiger charge is 2.37. The van der Waals surface area contributed by atoms with Gasteiger partial charge in [0.2, 0.25) is 0 Å². The first-order valence-electron chi connectivity index (χ1n) is 8.27. The Balaban J connectivity index is 1.98. The molecular weight excluding hydrogens is 264 g/mol. The number of rotatable bonds is 7. The zero-order valence-electron chi connectivity index (χ0n) is 13.2. The number of hydrogen-bond donors (Lipinski definition) is 1. The molecular formula is C18H28O3. The van der Waals surface area contributed by atoms with Crippen LogP contribution in [-0.2, 0) is 15.9 Å². The molecule has 0 amide bonds. The molecule has 0 saturated carbocycles.